The van der Waals surface area contributed by atoms with Crippen LogP contribution in [0, 0.1) is 0 Å². The summed E-state index contributed by atoms with van der Waals surface area (Å²) in [6.07, 6.45) is 3.58. The molecule has 0 spiro atoms. The lowest BCUT2D eigenvalue weighted by Gasteiger charge is -2.14. The van der Waals surface area contributed by atoms with Crippen LogP contribution in [0.2, 0.25) is 0 Å². The average Bonchev–Trinajstić information content (AvgIpc) is 3.12. The zero-order valence-corrected chi connectivity index (χ0v) is 15.9. The van der Waals surface area contributed by atoms with Gasteiger partial charge in [-0.3, -0.25) is 9.55 Å². The molecular formula is C22H20N4S. The normalized spacial score (nSPS) is 12.0. The molecule has 4 rings (SSSR count). The fourth-order valence-corrected chi connectivity index (χ4v) is 3.92. The molecule has 2 aromatic heterocycles. The molecule has 0 radical (unpaired) electrons. The van der Waals surface area contributed by atoms with E-state index < -0.39 is 0 Å². The van der Waals surface area contributed by atoms with Crippen molar-refractivity contribution in [3.8, 4) is 11.4 Å². The van der Waals surface area contributed by atoms with Crippen LogP contribution in [-0.4, -0.2) is 19.7 Å². The van der Waals surface area contributed by atoms with Gasteiger partial charge < -0.3 is 0 Å². The van der Waals surface area contributed by atoms with Gasteiger partial charge in [-0.15, -0.1) is 10.2 Å². The van der Waals surface area contributed by atoms with Gasteiger partial charge in [-0.2, -0.15) is 0 Å². The van der Waals surface area contributed by atoms with Crippen LogP contribution in [0.3, 0.4) is 0 Å². The van der Waals surface area contributed by atoms with Crippen molar-refractivity contribution in [3.63, 3.8) is 0 Å². The third kappa shape index (κ3) is 4.09. The molecule has 0 saturated heterocycles. The number of benzene rings is 2. The van der Waals surface area contributed by atoms with E-state index in [1.807, 2.05) is 24.3 Å². The van der Waals surface area contributed by atoms with Gasteiger partial charge in [-0.1, -0.05) is 72.4 Å². The van der Waals surface area contributed by atoms with Crippen molar-refractivity contribution in [2.24, 2.45) is 0 Å². The van der Waals surface area contributed by atoms with Gasteiger partial charge in [0.15, 0.2) is 11.0 Å². The van der Waals surface area contributed by atoms with E-state index >= 15 is 0 Å². The smallest absolute Gasteiger partial charge is 0.192 e. The van der Waals surface area contributed by atoms with Crippen molar-refractivity contribution in [3.05, 3.63) is 96.3 Å². The molecule has 0 bridgehead atoms. The van der Waals surface area contributed by atoms with E-state index in [-0.39, 0.29) is 5.25 Å². The Morgan fingerprint density at radius 3 is 2.22 bits per heavy atom. The Morgan fingerprint density at radius 2 is 1.52 bits per heavy atom. The Morgan fingerprint density at radius 1 is 0.852 bits per heavy atom. The highest BCUT2D eigenvalue weighted by molar-refractivity contribution is 7.99. The number of nitrogens with zero attached hydrogens (tertiary/aromatic N) is 4. The number of pyridine rings is 1. The van der Waals surface area contributed by atoms with Gasteiger partial charge in [0.1, 0.15) is 0 Å². The first-order chi connectivity index (χ1) is 13.3. The molecule has 0 aliphatic rings. The molecule has 2 heterocycles. The van der Waals surface area contributed by atoms with Crippen LogP contribution >= 0.6 is 11.8 Å². The highest BCUT2D eigenvalue weighted by atomic mass is 32.2. The fourth-order valence-electron chi connectivity index (χ4n) is 2.95. The van der Waals surface area contributed by atoms with Crippen molar-refractivity contribution >= 4 is 11.8 Å². The van der Waals surface area contributed by atoms with E-state index in [1.54, 1.807) is 24.2 Å². The molecule has 0 fully saturated rings. The summed E-state index contributed by atoms with van der Waals surface area (Å²) in [6, 6.07) is 24.9. The van der Waals surface area contributed by atoms with Crippen LogP contribution in [0.1, 0.15) is 23.3 Å². The van der Waals surface area contributed by atoms with E-state index in [4.69, 9.17) is 0 Å². The molecule has 0 N–H and O–H groups in total. The summed E-state index contributed by atoms with van der Waals surface area (Å²) in [7, 11) is 0. The van der Waals surface area contributed by atoms with Gasteiger partial charge in [0.2, 0.25) is 0 Å². The standard InChI is InChI=1S/C22H20N4S/c1-17(19-10-6-3-7-11-19)27-22-25-24-21(20-12-14-23-15-13-20)26(22)16-18-8-4-2-5-9-18/h2-15,17H,16H2,1H3/t17-/m1/s1. The van der Waals surface area contributed by atoms with Crippen molar-refractivity contribution < 1.29 is 0 Å². The average molecular weight is 372 g/mol. The maximum absolute atomic E-state index is 4.51. The summed E-state index contributed by atoms with van der Waals surface area (Å²) in [5, 5.41) is 10.2. The topological polar surface area (TPSA) is 43.6 Å². The third-order valence-electron chi connectivity index (χ3n) is 4.39. The third-order valence-corrected chi connectivity index (χ3v) is 5.53. The Kier molecular flexibility index (Phi) is 5.30. The molecule has 134 valence electrons. The van der Waals surface area contributed by atoms with E-state index in [0.717, 1.165) is 23.1 Å². The van der Waals surface area contributed by atoms with Crippen molar-refractivity contribution in [1.82, 2.24) is 19.7 Å². The number of hydrogen-bond acceptors (Lipinski definition) is 4. The maximum atomic E-state index is 4.51. The fraction of sp³-hybridized carbons (Fsp3) is 0.136. The molecule has 4 nitrogen and oxygen atoms in total. The number of aromatic nitrogens is 4. The predicted molar refractivity (Wildman–Crippen MR) is 110 cm³/mol. The number of rotatable bonds is 6. The van der Waals surface area contributed by atoms with E-state index in [2.05, 4.69) is 75.2 Å². The second-order valence-electron chi connectivity index (χ2n) is 6.28. The molecule has 5 heteroatoms. The van der Waals surface area contributed by atoms with Crippen molar-refractivity contribution in [2.75, 3.05) is 0 Å². The molecule has 0 amide bonds. The van der Waals surface area contributed by atoms with Crippen LogP contribution < -0.4 is 0 Å². The largest absolute Gasteiger partial charge is 0.298 e. The first kappa shape index (κ1) is 17.5. The van der Waals surface area contributed by atoms with E-state index in [0.29, 0.717) is 0 Å². The van der Waals surface area contributed by atoms with Crippen molar-refractivity contribution in [1.29, 1.82) is 0 Å². The van der Waals surface area contributed by atoms with Crippen LogP contribution in [-0.2, 0) is 6.54 Å². The molecule has 0 aliphatic heterocycles. The van der Waals surface area contributed by atoms with Gasteiger partial charge in [0.05, 0.1) is 6.54 Å². The van der Waals surface area contributed by atoms with Crippen LogP contribution in [0.4, 0.5) is 0 Å². The molecule has 0 saturated carbocycles. The van der Waals surface area contributed by atoms with Crippen LogP contribution in [0.15, 0.2) is 90.3 Å². The summed E-state index contributed by atoms with van der Waals surface area (Å²) < 4.78 is 2.19. The van der Waals surface area contributed by atoms with E-state index in [9.17, 15) is 0 Å². The quantitative estimate of drug-likeness (QED) is 0.434. The lowest BCUT2D eigenvalue weighted by molar-refractivity contribution is 0.712. The van der Waals surface area contributed by atoms with E-state index in [1.165, 1.54) is 11.1 Å². The lowest BCUT2D eigenvalue weighted by Crippen LogP contribution is -2.05. The Hall–Kier alpha value is -2.92. The van der Waals surface area contributed by atoms with Gasteiger partial charge >= 0.3 is 0 Å². The highest BCUT2D eigenvalue weighted by Crippen LogP contribution is 2.35. The first-order valence-corrected chi connectivity index (χ1v) is 9.78. The summed E-state index contributed by atoms with van der Waals surface area (Å²) in [5.74, 6) is 0.865. The van der Waals surface area contributed by atoms with Crippen LogP contribution in [0.25, 0.3) is 11.4 Å². The molecule has 27 heavy (non-hydrogen) atoms. The highest BCUT2D eigenvalue weighted by Gasteiger charge is 2.18. The number of thioether (sulfide) groups is 1. The Bertz CT molecular complexity index is 985. The molecule has 0 unspecified atom stereocenters. The summed E-state index contributed by atoms with van der Waals surface area (Å²) in [4.78, 5) is 4.12. The van der Waals surface area contributed by atoms with Gasteiger partial charge in [-0.05, 0) is 30.2 Å². The molecule has 0 aliphatic carbocycles. The van der Waals surface area contributed by atoms with Crippen molar-refractivity contribution in [2.45, 2.75) is 23.9 Å². The number of hydrogen-bond donors (Lipinski definition) is 0. The monoisotopic (exact) mass is 372 g/mol. The molecule has 4 aromatic rings. The predicted octanol–water partition coefficient (Wildman–Crippen LogP) is 5.24. The first-order valence-electron chi connectivity index (χ1n) is 8.90. The SMILES string of the molecule is C[C@@H](Sc1nnc(-c2ccncc2)n1Cc1ccccc1)c1ccccc1. The molecular weight excluding hydrogens is 352 g/mol. The summed E-state index contributed by atoms with van der Waals surface area (Å²) in [5.41, 5.74) is 3.52. The minimum Gasteiger partial charge on any atom is -0.298 e. The Labute approximate surface area is 163 Å². The lowest BCUT2D eigenvalue weighted by atomic mass is 10.2. The summed E-state index contributed by atoms with van der Waals surface area (Å²) in [6.45, 7) is 2.93. The van der Waals surface area contributed by atoms with Gasteiger partial charge in [-0.25, -0.2) is 0 Å². The van der Waals surface area contributed by atoms with Gasteiger partial charge in [0.25, 0.3) is 0 Å². The summed E-state index contributed by atoms with van der Waals surface area (Å²) >= 11 is 1.73. The second-order valence-corrected chi connectivity index (χ2v) is 7.59. The Balaban J connectivity index is 1.69. The zero-order valence-electron chi connectivity index (χ0n) is 15.1. The second kappa shape index (κ2) is 8.18. The van der Waals surface area contributed by atoms with Crippen LogP contribution in [0.5, 0.6) is 0 Å². The minimum atomic E-state index is 0.287. The van der Waals surface area contributed by atoms with Gasteiger partial charge in [0, 0.05) is 23.2 Å². The molecule has 1 atom stereocenters. The minimum absolute atomic E-state index is 0.287. The zero-order chi connectivity index (χ0) is 18.5. The molecule has 2 aromatic carbocycles. The maximum Gasteiger partial charge on any atom is 0.192 e.